The first-order valence-corrected chi connectivity index (χ1v) is 12.5. The molecular weight excluding hydrogens is 520 g/mol. The van der Waals surface area contributed by atoms with E-state index in [1.54, 1.807) is 84.9 Å². The lowest BCUT2D eigenvalue weighted by Crippen LogP contribution is -2.01. The number of hydrogen-bond acceptors (Lipinski definition) is 7. The van der Waals surface area contributed by atoms with Crippen LogP contribution in [-0.2, 0) is 0 Å². The van der Waals surface area contributed by atoms with Crippen LogP contribution in [0.4, 0.5) is 11.4 Å². The van der Waals surface area contributed by atoms with E-state index in [2.05, 4.69) is 9.97 Å². The van der Waals surface area contributed by atoms with Crippen LogP contribution >= 0.6 is 0 Å². The molecule has 0 fully saturated rings. The number of pyridine rings is 2. The number of nitrogens with zero attached hydrogens (tertiary/aromatic N) is 2. The molecule has 0 radical (unpaired) electrons. The van der Waals surface area contributed by atoms with E-state index in [0.29, 0.717) is 56.1 Å². The number of benzene rings is 4. The summed E-state index contributed by atoms with van der Waals surface area (Å²) in [6.07, 6.45) is 0. The molecule has 9 nitrogen and oxygen atoms in total. The van der Waals surface area contributed by atoms with Crippen LogP contribution in [0.2, 0.25) is 0 Å². The third kappa shape index (κ3) is 4.95. The fourth-order valence-corrected chi connectivity index (χ4v) is 4.63. The predicted molar refractivity (Wildman–Crippen MR) is 157 cm³/mol. The van der Waals surface area contributed by atoms with Gasteiger partial charge in [0, 0.05) is 33.3 Å². The zero-order chi connectivity index (χ0) is 28.7. The topological polar surface area (TPSA) is 162 Å². The molecule has 6 N–H and O–H groups in total. The molecule has 0 aliphatic carbocycles. The van der Waals surface area contributed by atoms with Crippen LogP contribution in [0.15, 0.2) is 97.1 Å². The minimum Gasteiger partial charge on any atom is -0.478 e. The first-order valence-electron chi connectivity index (χ1n) is 12.5. The number of carboxylic acids is 2. The van der Waals surface area contributed by atoms with Crippen LogP contribution in [0.1, 0.15) is 20.7 Å². The summed E-state index contributed by atoms with van der Waals surface area (Å²) in [4.78, 5) is 33.6. The molecule has 41 heavy (non-hydrogen) atoms. The van der Waals surface area contributed by atoms with Crippen molar-refractivity contribution in [1.82, 2.24) is 9.97 Å². The van der Waals surface area contributed by atoms with Gasteiger partial charge in [0.1, 0.15) is 11.5 Å². The van der Waals surface area contributed by atoms with Crippen LogP contribution in [0.25, 0.3) is 44.3 Å². The van der Waals surface area contributed by atoms with Crippen molar-refractivity contribution in [3.05, 3.63) is 108 Å². The number of carboxylic acid groups (broad SMARTS) is 2. The van der Waals surface area contributed by atoms with E-state index in [4.69, 9.17) is 16.2 Å². The first-order chi connectivity index (χ1) is 19.7. The molecule has 6 aromatic rings. The van der Waals surface area contributed by atoms with E-state index in [9.17, 15) is 19.8 Å². The van der Waals surface area contributed by atoms with Crippen molar-refractivity contribution >= 4 is 45.1 Å². The van der Waals surface area contributed by atoms with Crippen LogP contribution in [0, 0.1) is 0 Å². The molecule has 2 aromatic heterocycles. The van der Waals surface area contributed by atoms with Crippen molar-refractivity contribution < 1.29 is 24.5 Å². The second kappa shape index (κ2) is 9.97. The van der Waals surface area contributed by atoms with Gasteiger partial charge in [-0.25, -0.2) is 19.6 Å². The number of anilines is 2. The van der Waals surface area contributed by atoms with Gasteiger partial charge in [-0.2, -0.15) is 0 Å². The molecule has 6 rings (SSSR count). The van der Waals surface area contributed by atoms with E-state index in [-0.39, 0.29) is 11.1 Å². The van der Waals surface area contributed by atoms with E-state index >= 15 is 0 Å². The molecule has 0 aliphatic heterocycles. The fraction of sp³-hybridized carbons (Fsp3) is 0. The van der Waals surface area contributed by atoms with Gasteiger partial charge in [-0.05, 0) is 72.8 Å². The number of nitrogens with two attached hydrogens (primary N) is 2. The lowest BCUT2D eigenvalue weighted by molar-refractivity contribution is 0.0688. The Morgan fingerprint density at radius 3 is 1.32 bits per heavy atom. The summed E-state index contributed by atoms with van der Waals surface area (Å²) in [5.41, 5.74) is 16.3. The van der Waals surface area contributed by atoms with Crippen LogP contribution in [-0.4, -0.2) is 32.1 Å². The minimum absolute atomic E-state index is 0.0679. The summed E-state index contributed by atoms with van der Waals surface area (Å²) in [6, 6.07) is 27.0. The Morgan fingerprint density at radius 2 is 0.951 bits per heavy atom. The van der Waals surface area contributed by atoms with Gasteiger partial charge in [-0.3, -0.25) is 0 Å². The second-order valence-corrected chi connectivity index (χ2v) is 9.42. The van der Waals surface area contributed by atoms with E-state index < -0.39 is 11.9 Å². The molecule has 0 atom stereocenters. The average Bonchev–Trinajstić information content (AvgIpc) is 2.96. The fourth-order valence-electron chi connectivity index (χ4n) is 4.63. The molecule has 200 valence electrons. The van der Waals surface area contributed by atoms with E-state index in [1.807, 2.05) is 0 Å². The Hall–Kier alpha value is -5.96. The summed E-state index contributed by atoms with van der Waals surface area (Å²) in [5.74, 6) is -1.48. The maximum Gasteiger partial charge on any atom is 0.336 e. The standard InChI is InChI=1S/C32H22N4O5/c33-19-5-1-17(2-6-19)29-15-25(31(37)38)23-13-21(9-11-27(23)35-29)41-22-10-12-28-24(14-22)26(32(39)40)16-30(36-28)18-3-7-20(34)8-4-18/h1-16H,33-34H2,(H,37,38)(H,39,40). The molecule has 0 saturated carbocycles. The quantitative estimate of drug-likeness (QED) is 0.173. The molecular formula is C32H22N4O5. The van der Waals surface area contributed by atoms with Crippen LogP contribution in [0.5, 0.6) is 11.5 Å². The monoisotopic (exact) mass is 542 g/mol. The van der Waals surface area contributed by atoms with Crippen molar-refractivity contribution in [2.75, 3.05) is 11.5 Å². The number of aromatic nitrogens is 2. The van der Waals surface area contributed by atoms with Crippen molar-refractivity contribution in [3.63, 3.8) is 0 Å². The SMILES string of the molecule is Nc1ccc(-c2cc(C(=O)O)c3cc(Oc4ccc5nc(-c6ccc(N)cc6)cc(C(=O)O)c5c4)ccc3n2)cc1. The summed E-state index contributed by atoms with van der Waals surface area (Å²) < 4.78 is 6.05. The summed E-state index contributed by atoms with van der Waals surface area (Å²) in [7, 11) is 0. The van der Waals surface area contributed by atoms with Gasteiger partial charge in [0.15, 0.2) is 0 Å². The van der Waals surface area contributed by atoms with Gasteiger partial charge in [0.05, 0.1) is 33.5 Å². The highest BCUT2D eigenvalue weighted by molar-refractivity contribution is 6.05. The van der Waals surface area contributed by atoms with Gasteiger partial charge < -0.3 is 26.4 Å². The van der Waals surface area contributed by atoms with Crippen molar-refractivity contribution in [2.24, 2.45) is 0 Å². The largest absolute Gasteiger partial charge is 0.478 e. The molecule has 0 amide bonds. The highest BCUT2D eigenvalue weighted by atomic mass is 16.5. The van der Waals surface area contributed by atoms with Gasteiger partial charge >= 0.3 is 11.9 Å². The zero-order valence-corrected chi connectivity index (χ0v) is 21.4. The van der Waals surface area contributed by atoms with E-state index in [1.165, 1.54) is 12.1 Å². The zero-order valence-electron chi connectivity index (χ0n) is 21.4. The van der Waals surface area contributed by atoms with Gasteiger partial charge in [-0.15, -0.1) is 0 Å². The van der Waals surface area contributed by atoms with Crippen LogP contribution in [0.3, 0.4) is 0 Å². The number of aromatic carboxylic acids is 2. The van der Waals surface area contributed by atoms with E-state index in [0.717, 1.165) is 11.1 Å². The normalized spacial score (nSPS) is 11.0. The Balaban J connectivity index is 1.38. The molecule has 0 saturated heterocycles. The van der Waals surface area contributed by atoms with Gasteiger partial charge in [0.25, 0.3) is 0 Å². The maximum absolute atomic E-state index is 12.2. The molecule has 0 unspecified atom stereocenters. The minimum atomic E-state index is -1.11. The third-order valence-electron chi connectivity index (χ3n) is 6.67. The lowest BCUT2D eigenvalue weighted by Gasteiger charge is -2.12. The number of fused-ring (bicyclic) bond motifs is 2. The third-order valence-corrected chi connectivity index (χ3v) is 6.67. The molecule has 4 aromatic carbocycles. The Kier molecular flexibility index (Phi) is 6.16. The predicted octanol–water partition coefficient (Wildman–Crippen LogP) is 6.47. The summed E-state index contributed by atoms with van der Waals surface area (Å²) in [6.45, 7) is 0. The lowest BCUT2D eigenvalue weighted by atomic mass is 10.0. The van der Waals surface area contributed by atoms with Crippen molar-refractivity contribution in [2.45, 2.75) is 0 Å². The smallest absolute Gasteiger partial charge is 0.336 e. The number of rotatable bonds is 6. The van der Waals surface area contributed by atoms with Crippen molar-refractivity contribution in [1.29, 1.82) is 0 Å². The summed E-state index contributed by atoms with van der Waals surface area (Å²) >= 11 is 0. The Morgan fingerprint density at radius 1 is 0.561 bits per heavy atom. The molecule has 9 heteroatoms. The highest BCUT2D eigenvalue weighted by Crippen LogP contribution is 2.33. The molecule has 0 bridgehead atoms. The average molecular weight is 543 g/mol. The molecule has 2 heterocycles. The first kappa shape index (κ1) is 25.3. The molecule has 0 spiro atoms. The number of ether oxygens (including phenoxy) is 1. The maximum atomic E-state index is 12.2. The highest BCUT2D eigenvalue weighted by Gasteiger charge is 2.16. The summed E-state index contributed by atoms with van der Waals surface area (Å²) in [5, 5.41) is 20.7. The molecule has 0 aliphatic rings. The number of carbonyl (C=O) groups is 2. The number of hydrogen-bond donors (Lipinski definition) is 4. The number of nitrogen functional groups attached to an aromatic ring is 2. The van der Waals surface area contributed by atoms with Crippen LogP contribution < -0.4 is 16.2 Å². The second-order valence-electron chi connectivity index (χ2n) is 9.42. The van der Waals surface area contributed by atoms with Crippen molar-refractivity contribution in [3.8, 4) is 34.0 Å². The Labute approximate surface area is 233 Å². The van der Waals surface area contributed by atoms with Gasteiger partial charge in [-0.1, -0.05) is 24.3 Å². The Bertz CT molecular complexity index is 1840. The van der Waals surface area contributed by atoms with Gasteiger partial charge in [0.2, 0.25) is 0 Å².